The van der Waals surface area contributed by atoms with Gasteiger partial charge in [-0.05, 0) is 62.5 Å². The molecule has 0 aromatic heterocycles. The summed E-state index contributed by atoms with van der Waals surface area (Å²) in [7, 11) is 0. The third-order valence-corrected chi connectivity index (χ3v) is 4.86. The van der Waals surface area contributed by atoms with Crippen LogP contribution in [-0.2, 0) is 0 Å². The molecule has 1 aliphatic rings. The molecule has 1 aliphatic carbocycles. The topological polar surface area (TPSA) is 9.23 Å². The maximum absolute atomic E-state index is 5.80. The van der Waals surface area contributed by atoms with Crippen molar-refractivity contribution in [3.63, 3.8) is 0 Å². The summed E-state index contributed by atoms with van der Waals surface area (Å²) in [6, 6.07) is 10.2. The predicted octanol–water partition coefficient (Wildman–Crippen LogP) is 6.01. The van der Waals surface area contributed by atoms with Crippen molar-refractivity contribution in [3.05, 3.63) is 42.0 Å². The van der Waals surface area contributed by atoms with Gasteiger partial charge in [-0.3, -0.25) is 0 Å². The number of allylic oxidation sites excluding steroid dienone is 2. The van der Waals surface area contributed by atoms with Crippen LogP contribution >= 0.6 is 0 Å². The standard InChI is InChI=1S/C20H30O/c1-3-17-12-14-19(15-13-17)18(4-2)9-8-16-21-20-10-6-5-7-11-20/h5-7,10-11,14,17-18H,3-4,8-9,12-13,15-16H2,1-2H3. The zero-order valence-electron chi connectivity index (χ0n) is 13.7. The zero-order chi connectivity index (χ0) is 14.9. The Morgan fingerprint density at radius 1 is 1.19 bits per heavy atom. The van der Waals surface area contributed by atoms with Gasteiger partial charge in [0.1, 0.15) is 5.75 Å². The number of benzene rings is 1. The van der Waals surface area contributed by atoms with E-state index in [1.807, 2.05) is 30.3 Å². The summed E-state index contributed by atoms with van der Waals surface area (Å²) >= 11 is 0. The fraction of sp³-hybridized carbons (Fsp3) is 0.600. The lowest BCUT2D eigenvalue weighted by Crippen LogP contribution is -2.12. The molecule has 0 saturated carbocycles. The Morgan fingerprint density at radius 2 is 2.00 bits per heavy atom. The van der Waals surface area contributed by atoms with Crippen LogP contribution in [0.3, 0.4) is 0 Å². The highest BCUT2D eigenvalue weighted by Gasteiger charge is 2.18. The minimum absolute atomic E-state index is 0.780. The van der Waals surface area contributed by atoms with Gasteiger partial charge in [0.05, 0.1) is 6.61 Å². The van der Waals surface area contributed by atoms with Crippen LogP contribution in [0.25, 0.3) is 0 Å². The minimum Gasteiger partial charge on any atom is -0.494 e. The Labute approximate surface area is 130 Å². The van der Waals surface area contributed by atoms with Gasteiger partial charge in [-0.2, -0.15) is 0 Å². The van der Waals surface area contributed by atoms with E-state index < -0.39 is 0 Å². The smallest absolute Gasteiger partial charge is 0.119 e. The average molecular weight is 286 g/mol. The Hall–Kier alpha value is -1.24. The molecule has 2 unspecified atom stereocenters. The van der Waals surface area contributed by atoms with E-state index in [1.165, 1.54) is 38.5 Å². The van der Waals surface area contributed by atoms with E-state index in [0.717, 1.165) is 30.6 Å². The molecule has 0 amide bonds. The van der Waals surface area contributed by atoms with Gasteiger partial charge in [-0.15, -0.1) is 0 Å². The van der Waals surface area contributed by atoms with Crippen LogP contribution in [-0.4, -0.2) is 6.61 Å². The van der Waals surface area contributed by atoms with E-state index in [9.17, 15) is 0 Å². The van der Waals surface area contributed by atoms with Gasteiger partial charge in [-0.1, -0.05) is 50.1 Å². The van der Waals surface area contributed by atoms with E-state index >= 15 is 0 Å². The first-order valence-corrected chi connectivity index (χ1v) is 8.70. The SMILES string of the molecule is CCC1CC=C(C(CC)CCCOc2ccccc2)CC1. The average Bonchev–Trinajstić information content (AvgIpc) is 2.56. The van der Waals surface area contributed by atoms with Gasteiger partial charge < -0.3 is 4.74 Å². The second-order valence-electron chi connectivity index (χ2n) is 6.24. The van der Waals surface area contributed by atoms with Crippen LogP contribution in [0.1, 0.15) is 58.8 Å². The molecular weight excluding hydrogens is 256 g/mol. The number of rotatable bonds is 8. The molecule has 0 aliphatic heterocycles. The summed E-state index contributed by atoms with van der Waals surface area (Å²) in [5.41, 5.74) is 1.72. The predicted molar refractivity (Wildman–Crippen MR) is 90.7 cm³/mol. The minimum atomic E-state index is 0.780. The molecular formula is C20H30O. The Bertz CT molecular complexity index is 421. The van der Waals surface area contributed by atoms with Gasteiger partial charge in [0.2, 0.25) is 0 Å². The van der Waals surface area contributed by atoms with E-state index in [4.69, 9.17) is 4.74 Å². The van der Waals surface area contributed by atoms with Crippen LogP contribution in [0.2, 0.25) is 0 Å². The fourth-order valence-electron chi connectivity index (χ4n) is 3.34. The zero-order valence-corrected chi connectivity index (χ0v) is 13.7. The van der Waals surface area contributed by atoms with E-state index in [2.05, 4.69) is 19.9 Å². The summed E-state index contributed by atoms with van der Waals surface area (Å²) in [6.07, 6.45) is 11.6. The first-order valence-electron chi connectivity index (χ1n) is 8.70. The molecule has 0 bridgehead atoms. The lowest BCUT2D eigenvalue weighted by Gasteiger charge is -2.26. The number of para-hydroxylation sites is 1. The molecule has 0 N–H and O–H groups in total. The van der Waals surface area contributed by atoms with Gasteiger partial charge >= 0.3 is 0 Å². The molecule has 0 fully saturated rings. The third kappa shape index (κ3) is 5.22. The molecule has 1 nitrogen and oxygen atoms in total. The quantitative estimate of drug-likeness (QED) is 0.420. The van der Waals surface area contributed by atoms with Crippen molar-refractivity contribution in [2.24, 2.45) is 11.8 Å². The van der Waals surface area contributed by atoms with Crippen LogP contribution in [0, 0.1) is 11.8 Å². The van der Waals surface area contributed by atoms with Crippen LogP contribution in [0.5, 0.6) is 5.75 Å². The molecule has 0 saturated heterocycles. The fourth-order valence-corrected chi connectivity index (χ4v) is 3.34. The Balaban J connectivity index is 1.72. The number of hydrogen-bond acceptors (Lipinski definition) is 1. The molecule has 116 valence electrons. The molecule has 0 radical (unpaired) electrons. The molecule has 0 spiro atoms. The summed E-state index contributed by atoms with van der Waals surface area (Å²) in [6.45, 7) is 5.49. The van der Waals surface area contributed by atoms with Crippen LogP contribution in [0.15, 0.2) is 42.0 Å². The normalized spacial score (nSPS) is 19.9. The highest BCUT2D eigenvalue weighted by atomic mass is 16.5. The first kappa shape index (κ1) is 16.1. The summed E-state index contributed by atoms with van der Waals surface area (Å²) in [5.74, 6) is 2.71. The Kier molecular flexibility index (Phi) is 6.85. The van der Waals surface area contributed by atoms with Crippen molar-refractivity contribution >= 4 is 0 Å². The van der Waals surface area contributed by atoms with Crippen molar-refractivity contribution < 1.29 is 4.74 Å². The summed E-state index contributed by atoms with van der Waals surface area (Å²) in [4.78, 5) is 0. The largest absolute Gasteiger partial charge is 0.494 e. The van der Waals surface area contributed by atoms with Crippen molar-refractivity contribution in [1.29, 1.82) is 0 Å². The van der Waals surface area contributed by atoms with E-state index in [-0.39, 0.29) is 0 Å². The third-order valence-electron chi connectivity index (χ3n) is 4.86. The van der Waals surface area contributed by atoms with Crippen molar-refractivity contribution in [2.75, 3.05) is 6.61 Å². The maximum atomic E-state index is 5.80. The van der Waals surface area contributed by atoms with Crippen molar-refractivity contribution in [2.45, 2.75) is 58.8 Å². The molecule has 1 heteroatoms. The highest BCUT2D eigenvalue weighted by Crippen LogP contribution is 2.33. The highest BCUT2D eigenvalue weighted by molar-refractivity contribution is 5.20. The Morgan fingerprint density at radius 3 is 2.62 bits per heavy atom. The van der Waals surface area contributed by atoms with Gasteiger partial charge in [0, 0.05) is 0 Å². The first-order chi connectivity index (χ1) is 10.3. The monoisotopic (exact) mass is 286 g/mol. The second-order valence-corrected chi connectivity index (χ2v) is 6.24. The lowest BCUT2D eigenvalue weighted by molar-refractivity contribution is 0.293. The summed E-state index contributed by atoms with van der Waals surface area (Å²) in [5, 5.41) is 0. The molecule has 21 heavy (non-hydrogen) atoms. The number of ether oxygens (including phenoxy) is 1. The molecule has 0 heterocycles. The van der Waals surface area contributed by atoms with Gasteiger partial charge in [0.15, 0.2) is 0 Å². The molecule has 1 aromatic rings. The van der Waals surface area contributed by atoms with Crippen molar-refractivity contribution in [3.8, 4) is 5.75 Å². The van der Waals surface area contributed by atoms with Crippen LogP contribution < -0.4 is 4.74 Å². The van der Waals surface area contributed by atoms with Gasteiger partial charge in [-0.25, -0.2) is 0 Å². The second kappa shape index (κ2) is 8.92. The molecule has 1 aromatic carbocycles. The lowest BCUT2D eigenvalue weighted by atomic mass is 9.80. The van der Waals surface area contributed by atoms with E-state index in [0.29, 0.717) is 0 Å². The molecule has 2 atom stereocenters. The van der Waals surface area contributed by atoms with E-state index in [1.54, 1.807) is 5.57 Å². The van der Waals surface area contributed by atoms with Gasteiger partial charge in [0.25, 0.3) is 0 Å². The summed E-state index contributed by atoms with van der Waals surface area (Å²) < 4.78 is 5.80. The maximum Gasteiger partial charge on any atom is 0.119 e. The number of hydrogen-bond donors (Lipinski definition) is 0. The van der Waals surface area contributed by atoms with Crippen LogP contribution in [0.4, 0.5) is 0 Å². The molecule has 2 rings (SSSR count). The van der Waals surface area contributed by atoms with Crippen molar-refractivity contribution in [1.82, 2.24) is 0 Å².